The van der Waals surface area contributed by atoms with Crippen LogP contribution in [0.25, 0.3) is 22.3 Å². The fraction of sp³-hybridized carbons (Fsp3) is 0. The Bertz CT molecular complexity index is 688. The number of hydrogen-bond acceptors (Lipinski definition) is 2. The Morgan fingerprint density at radius 1 is 1.00 bits per heavy atom. The minimum absolute atomic E-state index is 0.614. The normalized spacial score (nSPS) is 10.9. The minimum Gasteiger partial charge on any atom is -0.454 e. The number of hydrogen-bond donors (Lipinski definition) is 1. The summed E-state index contributed by atoms with van der Waals surface area (Å²) in [6, 6.07) is 15.2. The molecule has 0 saturated heterocycles. The highest BCUT2D eigenvalue weighted by atomic mass is 35.5. The molecule has 0 radical (unpaired) electrons. The summed E-state index contributed by atoms with van der Waals surface area (Å²) in [4.78, 5) is 0. The molecule has 0 spiro atoms. The molecule has 3 aromatic rings. The van der Waals surface area contributed by atoms with Crippen LogP contribution in [0.1, 0.15) is 0 Å². The molecule has 0 unspecified atom stereocenters. The maximum atomic E-state index is 6.07. The van der Waals surface area contributed by atoms with Gasteiger partial charge in [-0.3, -0.25) is 0 Å². The van der Waals surface area contributed by atoms with Crippen molar-refractivity contribution in [1.29, 1.82) is 0 Å². The van der Waals surface area contributed by atoms with E-state index in [0.717, 1.165) is 16.7 Å². The number of benzene rings is 2. The fourth-order valence-corrected chi connectivity index (χ4v) is 2.10. The largest absolute Gasteiger partial charge is 0.454 e. The van der Waals surface area contributed by atoms with Crippen LogP contribution in [0.4, 0.5) is 5.69 Å². The smallest absolute Gasteiger partial charge is 0.153 e. The zero-order valence-corrected chi connectivity index (χ0v) is 9.74. The zero-order chi connectivity index (χ0) is 11.8. The lowest BCUT2D eigenvalue weighted by molar-refractivity contribution is 0.632. The summed E-state index contributed by atoms with van der Waals surface area (Å²) in [5.74, 6) is 0.742. The second-order valence-corrected chi connectivity index (χ2v) is 4.26. The Labute approximate surface area is 104 Å². The first kappa shape index (κ1) is 10.2. The van der Waals surface area contributed by atoms with Crippen LogP contribution in [-0.2, 0) is 0 Å². The summed E-state index contributed by atoms with van der Waals surface area (Å²) < 4.78 is 5.75. The molecule has 0 aliphatic rings. The Morgan fingerprint density at radius 2 is 1.82 bits per heavy atom. The van der Waals surface area contributed by atoms with Crippen LogP contribution in [0, 0.1) is 0 Å². The van der Waals surface area contributed by atoms with E-state index in [4.69, 9.17) is 21.8 Å². The molecule has 0 amide bonds. The molecule has 84 valence electrons. The zero-order valence-electron chi connectivity index (χ0n) is 8.98. The molecule has 1 heterocycles. The monoisotopic (exact) mass is 243 g/mol. The van der Waals surface area contributed by atoms with Gasteiger partial charge in [0, 0.05) is 16.6 Å². The molecule has 0 atom stereocenters. The van der Waals surface area contributed by atoms with Gasteiger partial charge in [-0.1, -0.05) is 35.9 Å². The first-order chi connectivity index (χ1) is 8.25. The maximum Gasteiger partial charge on any atom is 0.153 e. The average Bonchev–Trinajstić information content (AvgIpc) is 2.75. The number of rotatable bonds is 1. The third-order valence-electron chi connectivity index (χ3n) is 2.72. The van der Waals surface area contributed by atoms with Crippen LogP contribution in [0.2, 0.25) is 5.02 Å². The van der Waals surface area contributed by atoms with Crippen molar-refractivity contribution in [2.24, 2.45) is 0 Å². The molecule has 0 saturated carbocycles. The van der Waals surface area contributed by atoms with Crippen LogP contribution in [0.5, 0.6) is 0 Å². The topological polar surface area (TPSA) is 39.2 Å². The fourth-order valence-electron chi connectivity index (χ4n) is 1.88. The van der Waals surface area contributed by atoms with Gasteiger partial charge in [-0.15, -0.1) is 0 Å². The SMILES string of the molecule is Nc1ccccc1-c1cc2cccc(Cl)c2o1. The second kappa shape index (κ2) is 3.82. The second-order valence-electron chi connectivity index (χ2n) is 3.86. The Kier molecular flexibility index (Phi) is 2.30. The molecule has 2 nitrogen and oxygen atoms in total. The van der Waals surface area contributed by atoms with Gasteiger partial charge in [-0.05, 0) is 24.3 Å². The van der Waals surface area contributed by atoms with Crippen LogP contribution in [-0.4, -0.2) is 0 Å². The minimum atomic E-state index is 0.614. The molecular weight excluding hydrogens is 234 g/mol. The highest BCUT2D eigenvalue weighted by Crippen LogP contribution is 2.34. The van der Waals surface area contributed by atoms with Crippen molar-refractivity contribution in [3.05, 3.63) is 53.6 Å². The molecule has 2 N–H and O–H groups in total. The van der Waals surface area contributed by atoms with Gasteiger partial charge in [0.1, 0.15) is 5.76 Å². The number of para-hydroxylation sites is 2. The van der Waals surface area contributed by atoms with Gasteiger partial charge in [-0.2, -0.15) is 0 Å². The summed E-state index contributed by atoms with van der Waals surface area (Å²) in [5.41, 5.74) is 8.21. The van der Waals surface area contributed by atoms with E-state index in [2.05, 4.69) is 0 Å². The Morgan fingerprint density at radius 3 is 2.59 bits per heavy atom. The summed E-state index contributed by atoms with van der Waals surface area (Å²) in [6.45, 7) is 0. The van der Waals surface area contributed by atoms with E-state index in [0.29, 0.717) is 16.3 Å². The predicted molar refractivity (Wildman–Crippen MR) is 71.1 cm³/mol. The van der Waals surface area contributed by atoms with Gasteiger partial charge < -0.3 is 10.2 Å². The summed E-state index contributed by atoms with van der Waals surface area (Å²) in [5, 5.41) is 1.60. The molecule has 0 fully saturated rings. The van der Waals surface area contributed by atoms with Crippen molar-refractivity contribution >= 4 is 28.3 Å². The van der Waals surface area contributed by atoms with Crippen molar-refractivity contribution in [1.82, 2.24) is 0 Å². The van der Waals surface area contributed by atoms with E-state index in [1.807, 2.05) is 48.5 Å². The summed E-state index contributed by atoms with van der Waals surface area (Å²) in [7, 11) is 0. The number of furan rings is 1. The van der Waals surface area contributed by atoms with Crippen molar-refractivity contribution in [3.63, 3.8) is 0 Å². The van der Waals surface area contributed by atoms with Gasteiger partial charge >= 0.3 is 0 Å². The van der Waals surface area contributed by atoms with E-state index >= 15 is 0 Å². The van der Waals surface area contributed by atoms with E-state index in [9.17, 15) is 0 Å². The highest BCUT2D eigenvalue weighted by molar-refractivity contribution is 6.34. The maximum absolute atomic E-state index is 6.07. The average molecular weight is 244 g/mol. The lowest BCUT2D eigenvalue weighted by Crippen LogP contribution is -1.87. The molecule has 1 aromatic heterocycles. The first-order valence-corrected chi connectivity index (χ1v) is 5.66. The van der Waals surface area contributed by atoms with Crippen LogP contribution < -0.4 is 5.73 Å². The molecule has 0 aliphatic heterocycles. The van der Waals surface area contributed by atoms with E-state index in [-0.39, 0.29) is 0 Å². The van der Waals surface area contributed by atoms with Crippen molar-refractivity contribution in [2.45, 2.75) is 0 Å². The quantitative estimate of drug-likeness (QED) is 0.646. The van der Waals surface area contributed by atoms with E-state index < -0.39 is 0 Å². The van der Waals surface area contributed by atoms with Crippen LogP contribution in [0.3, 0.4) is 0 Å². The van der Waals surface area contributed by atoms with E-state index in [1.165, 1.54) is 0 Å². The summed E-state index contributed by atoms with van der Waals surface area (Å²) >= 11 is 6.07. The number of anilines is 1. The lowest BCUT2D eigenvalue weighted by atomic mass is 10.1. The number of nitrogen functional groups attached to an aromatic ring is 1. The summed E-state index contributed by atoms with van der Waals surface area (Å²) in [6.07, 6.45) is 0. The number of nitrogens with two attached hydrogens (primary N) is 1. The third kappa shape index (κ3) is 1.67. The molecule has 2 aromatic carbocycles. The van der Waals surface area contributed by atoms with Crippen molar-refractivity contribution in [2.75, 3.05) is 5.73 Å². The van der Waals surface area contributed by atoms with Gasteiger partial charge in [0.15, 0.2) is 5.58 Å². The molecule has 0 bridgehead atoms. The lowest BCUT2D eigenvalue weighted by Gasteiger charge is -2.00. The third-order valence-corrected chi connectivity index (χ3v) is 3.02. The van der Waals surface area contributed by atoms with E-state index in [1.54, 1.807) is 0 Å². The molecular formula is C14H10ClNO. The van der Waals surface area contributed by atoms with Gasteiger partial charge in [-0.25, -0.2) is 0 Å². The predicted octanol–water partition coefficient (Wildman–Crippen LogP) is 4.34. The Balaban J connectivity index is 2.26. The van der Waals surface area contributed by atoms with Crippen LogP contribution >= 0.6 is 11.6 Å². The van der Waals surface area contributed by atoms with Crippen LogP contribution in [0.15, 0.2) is 52.9 Å². The highest BCUT2D eigenvalue weighted by Gasteiger charge is 2.10. The number of fused-ring (bicyclic) bond motifs is 1. The molecule has 3 heteroatoms. The number of halogens is 1. The van der Waals surface area contributed by atoms with Crippen molar-refractivity contribution in [3.8, 4) is 11.3 Å². The standard InChI is InChI=1S/C14H10ClNO/c15-11-6-3-4-9-8-13(17-14(9)11)10-5-1-2-7-12(10)16/h1-8H,16H2. The van der Waals surface area contributed by atoms with Gasteiger partial charge in [0.2, 0.25) is 0 Å². The molecule has 3 rings (SSSR count). The first-order valence-electron chi connectivity index (χ1n) is 5.28. The van der Waals surface area contributed by atoms with Gasteiger partial charge in [0.25, 0.3) is 0 Å². The van der Waals surface area contributed by atoms with Crippen molar-refractivity contribution < 1.29 is 4.42 Å². The molecule has 0 aliphatic carbocycles. The van der Waals surface area contributed by atoms with Gasteiger partial charge in [0.05, 0.1) is 5.02 Å². The Hall–Kier alpha value is -1.93. The molecule has 17 heavy (non-hydrogen) atoms.